The second-order valence-electron chi connectivity index (χ2n) is 4.61. The van der Waals surface area contributed by atoms with Gasteiger partial charge in [0.05, 0.1) is 14.2 Å². The molecular weight excluding hydrogens is 370 g/mol. The molecule has 1 N–H and O–H groups in total. The van der Waals surface area contributed by atoms with E-state index in [4.69, 9.17) is 21.1 Å². The molecule has 0 unspecified atom stereocenters. The van der Waals surface area contributed by atoms with Gasteiger partial charge in [0.2, 0.25) is 0 Å². The number of carbonyl (C=O) groups excluding carboxylic acids is 1. The van der Waals surface area contributed by atoms with Crippen LogP contribution >= 0.6 is 27.5 Å². The third-order valence-electron chi connectivity index (χ3n) is 3.14. The molecule has 6 heteroatoms. The van der Waals surface area contributed by atoms with E-state index in [2.05, 4.69) is 21.2 Å². The largest absolute Gasteiger partial charge is 0.495 e. The van der Waals surface area contributed by atoms with Crippen LogP contribution in [-0.2, 0) is 0 Å². The average Bonchev–Trinajstić information content (AvgIpc) is 2.51. The monoisotopic (exact) mass is 383 g/mol. The number of hydrogen-bond donors (Lipinski definition) is 1. The van der Waals surface area contributed by atoms with E-state index in [0.29, 0.717) is 32.2 Å². The number of nitrogens with one attached hydrogen (secondary N) is 1. The van der Waals surface area contributed by atoms with Gasteiger partial charge in [-0.25, -0.2) is 0 Å². The van der Waals surface area contributed by atoms with Crippen molar-refractivity contribution >= 4 is 39.1 Å². The van der Waals surface area contributed by atoms with E-state index in [1.54, 1.807) is 24.3 Å². The van der Waals surface area contributed by atoms with Crippen LogP contribution in [0.2, 0.25) is 5.02 Å². The van der Waals surface area contributed by atoms with Crippen molar-refractivity contribution in [2.24, 2.45) is 0 Å². The first-order valence-corrected chi connectivity index (χ1v) is 7.62. The molecule has 4 nitrogen and oxygen atoms in total. The van der Waals surface area contributed by atoms with E-state index >= 15 is 0 Å². The molecule has 0 aliphatic carbocycles. The van der Waals surface area contributed by atoms with Gasteiger partial charge in [-0.05, 0) is 52.7 Å². The van der Waals surface area contributed by atoms with Gasteiger partial charge in [-0.15, -0.1) is 0 Å². The normalized spacial score (nSPS) is 10.2. The second-order valence-corrected chi connectivity index (χ2v) is 5.81. The number of aryl methyl sites for hydroxylation is 1. The molecule has 0 bridgehead atoms. The van der Waals surface area contributed by atoms with Crippen molar-refractivity contribution in [3.8, 4) is 11.5 Å². The number of methoxy groups -OCH3 is 2. The summed E-state index contributed by atoms with van der Waals surface area (Å²) < 4.78 is 11.1. The highest BCUT2D eigenvalue weighted by Crippen LogP contribution is 2.35. The third kappa shape index (κ3) is 3.54. The zero-order chi connectivity index (χ0) is 16.3. The highest BCUT2D eigenvalue weighted by atomic mass is 79.9. The maximum absolute atomic E-state index is 12.4. The van der Waals surface area contributed by atoms with Crippen LogP contribution in [0.1, 0.15) is 15.9 Å². The Hall–Kier alpha value is -1.72. The van der Waals surface area contributed by atoms with E-state index in [0.717, 1.165) is 5.56 Å². The standard InChI is InChI=1S/C16H15BrClNO3/c1-9-4-5-11(8-12(9)18)19-16(20)10-6-13(21-2)15(17)14(7-10)22-3/h4-8H,1-3H3,(H,19,20). The summed E-state index contributed by atoms with van der Waals surface area (Å²) in [5, 5.41) is 3.40. The Morgan fingerprint density at radius 1 is 1.14 bits per heavy atom. The Morgan fingerprint density at radius 2 is 1.73 bits per heavy atom. The summed E-state index contributed by atoms with van der Waals surface area (Å²) in [4.78, 5) is 12.4. The molecule has 0 saturated heterocycles. The molecule has 2 rings (SSSR count). The van der Waals surface area contributed by atoms with E-state index in [1.165, 1.54) is 14.2 Å². The molecule has 0 atom stereocenters. The van der Waals surface area contributed by atoms with Crippen molar-refractivity contribution in [1.82, 2.24) is 0 Å². The van der Waals surface area contributed by atoms with Gasteiger partial charge >= 0.3 is 0 Å². The van der Waals surface area contributed by atoms with Crippen molar-refractivity contribution in [3.05, 3.63) is 51.0 Å². The van der Waals surface area contributed by atoms with Gasteiger partial charge in [-0.3, -0.25) is 4.79 Å². The lowest BCUT2D eigenvalue weighted by molar-refractivity contribution is 0.102. The topological polar surface area (TPSA) is 47.6 Å². The molecule has 0 aliphatic heterocycles. The van der Waals surface area contributed by atoms with Gasteiger partial charge in [-0.1, -0.05) is 17.7 Å². The number of benzene rings is 2. The number of carbonyl (C=O) groups is 1. The Kier molecular flexibility index (Phi) is 5.32. The lowest BCUT2D eigenvalue weighted by atomic mass is 10.1. The van der Waals surface area contributed by atoms with Gasteiger partial charge in [0.25, 0.3) is 5.91 Å². The third-order valence-corrected chi connectivity index (χ3v) is 4.33. The van der Waals surface area contributed by atoms with Gasteiger partial charge < -0.3 is 14.8 Å². The van der Waals surface area contributed by atoms with Gasteiger partial charge in [-0.2, -0.15) is 0 Å². The summed E-state index contributed by atoms with van der Waals surface area (Å²) in [5.74, 6) is 0.766. The molecule has 22 heavy (non-hydrogen) atoms. The van der Waals surface area contributed by atoms with Crippen LogP contribution in [0.4, 0.5) is 5.69 Å². The smallest absolute Gasteiger partial charge is 0.255 e. The summed E-state index contributed by atoms with van der Waals surface area (Å²) in [6, 6.07) is 8.63. The molecule has 2 aromatic carbocycles. The van der Waals surface area contributed by atoms with E-state index in [-0.39, 0.29) is 5.91 Å². The first-order valence-electron chi connectivity index (χ1n) is 6.45. The zero-order valence-corrected chi connectivity index (χ0v) is 14.7. The summed E-state index contributed by atoms with van der Waals surface area (Å²) >= 11 is 9.43. The van der Waals surface area contributed by atoms with Crippen molar-refractivity contribution in [1.29, 1.82) is 0 Å². The first-order chi connectivity index (χ1) is 10.5. The van der Waals surface area contributed by atoms with Crippen LogP contribution in [0.25, 0.3) is 0 Å². The lowest BCUT2D eigenvalue weighted by Crippen LogP contribution is -2.12. The number of ether oxygens (including phenoxy) is 2. The maximum atomic E-state index is 12.4. The van der Waals surface area contributed by atoms with Crippen LogP contribution in [0, 0.1) is 6.92 Å². The molecule has 116 valence electrons. The van der Waals surface area contributed by atoms with Crippen LogP contribution < -0.4 is 14.8 Å². The molecule has 0 radical (unpaired) electrons. The number of amides is 1. The average molecular weight is 385 g/mol. The predicted molar refractivity (Wildman–Crippen MR) is 91.4 cm³/mol. The van der Waals surface area contributed by atoms with Crippen molar-refractivity contribution in [2.75, 3.05) is 19.5 Å². The summed E-state index contributed by atoms with van der Waals surface area (Å²) in [5.41, 5.74) is 2.00. The maximum Gasteiger partial charge on any atom is 0.255 e. The van der Waals surface area contributed by atoms with E-state index in [1.807, 2.05) is 13.0 Å². The minimum absolute atomic E-state index is 0.274. The molecule has 0 saturated carbocycles. The van der Waals surface area contributed by atoms with Crippen molar-refractivity contribution in [2.45, 2.75) is 6.92 Å². The SMILES string of the molecule is COc1cc(C(=O)Nc2ccc(C)c(Cl)c2)cc(OC)c1Br. The molecule has 0 heterocycles. The highest BCUT2D eigenvalue weighted by molar-refractivity contribution is 9.10. The highest BCUT2D eigenvalue weighted by Gasteiger charge is 2.15. The fraction of sp³-hybridized carbons (Fsp3) is 0.188. The van der Waals surface area contributed by atoms with Crippen molar-refractivity contribution in [3.63, 3.8) is 0 Å². The molecular formula is C16H15BrClNO3. The van der Waals surface area contributed by atoms with E-state index in [9.17, 15) is 4.79 Å². The Bertz CT molecular complexity index is 694. The zero-order valence-electron chi connectivity index (χ0n) is 12.4. The minimum atomic E-state index is -0.274. The molecule has 1 amide bonds. The van der Waals surface area contributed by atoms with Crippen molar-refractivity contribution < 1.29 is 14.3 Å². The lowest BCUT2D eigenvalue weighted by Gasteiger charge is -2.12. The number of hydrogen-bond acceptors (Lipinski definition) is 3. The minimum Gasteiger partial charge on any atom is -0.495 e. The second kappa shape index (κ2) is 7.03. The quantitative estimate of drug-likeness (QED) is 0.832. The fourth-order valence-corrected chi connectivity index (χ4v) is 2.61. The summed E-state index contributed by atoms with van der Waals surface area (Å²) in [6.07, 6.45) is 0. The van der Waals surface area contributed by atoms with Gasteiger partial charge in [0.15, 0.2) is 0 Å². The Labute approximate surface area is 142 Å². The molecule has 2 aromatic rings. The molecule has 0 aromatic heterocycles. The molecule has 0 fully saturated rings. The molecule has 0 spiro atoms. The molecule has 0 aliphatic rings. The fourth-order valence-electron chi connectivity index (χ4n) is 1.87. The number of anilines is 1. The Balaban J connectivity index is 2.31. The predicted octanol–water partition coefficient (Wildman–Crippen LogP) is 4.68. The first kappa shape index (κ1) is 16.6. The van der Waals surface area contributed by atoms with Gasteiger partial charge in [0, 0.05) is 16.3 Å². The Morgan fingerprint density at radius 3 is 2.23 bits per heavy atom. The number of halogens is 2. The van der Waals surface area contributed by atoms with Crippen LogP contribution in [0.3, 0.4) is 0 Å². The van der Waals surface area contributed by atoms with E-state index < -0.39 is 0 Å². The van der Waals surface area contributed by atoms with Crippen LogP contribution in [0.15, 0.2) is 34.8 Å². The number of rotatable bonds is 4. The summed E-state index contributed by atoms with van der Waals surface area (Å²) in [6.45, 7) is 1.90. The summed E-state index contributed by atoms with van der Waals surface area (Å²) in [7, 11) is 3.06. The van der Waals surface area contributed by atoms with Crippen LogP contribution in [-0.4, -0.2) is 20.1 Å². The van der Waals surface area contributed by atoms with Crippen LogP contribution in [0.5, 0.6) is 11.5 Å². The van der Waals surface area contributed by atoms with Gasteiger partial charge in [0.1, 0.15) is 16.0 Å².